The fraction of sp³-hybridized carbons (Fsp3) is 0.188. The molecule has 3 rings (SSSR count). The Morgan fingerprint density at radius 2 is 2.25 bits per heavy atom. The molecule has 1 aromatic carbocycles. The lowest BCUT2D eigenvalue weighted by atomic mass is 10.1. The molecule has 0 aliphatic carbocycles. The highest BCUT2D eigenvalue weighted by Gasteiger charge is 2.19. The molecule has 0 radical (unpaired) electrons. The average molecular weight is 345 g/mol. The number of aromatic nitrogens is 2. The molecule has 0 aliphatic rings. The highest BCUT2D eigenvalue weighted by Crippen LogP contribution is 2.37. The highest BCUT2D eigenvalue weighted by molar-refractivity contribution is 7.21. The molecule has 0 aliphatic heterocycles. The average Bonchev–Trinajstić information content (AvgIpc) is 3.12. The smallest absolute Gasteiger partial charge is 0.338 e. The second kappa shape index (κ2) is 5.94. The molecule has 6 nitrogen and oxygen atoms in total. The fourth-order valence-electron chi connectivity index (χ4n) is 2.25. The molecule has 0 saturated carbocycles. The zero-order valence-electron chi connectivity index (χ0n) is 12.8. The van der Waals surface area contributed by atoms with E-state index in [1.165, 1.54) is 12.3 Å². The number of ether oxygens (including phenoxy) is 1. The lowest BCUT2D eigenvalue weighted by Gasteiger charge is -2.10. The summed E-state index contributed by atoms with van der Waals surface area (Å²) in [5.41, 5.74) is 0.250. The first kappa shape index (κ1) is 16.0. The zero-order chi connectivity index (χ0) is 17.4. The largest absolute Gasteiger partial charge is 0.491 e. The molecule has 0 amide bonds. The molecule has 0 atom stereocenters. The minimum atomic E-state index is -1.15. The van der Waals surface area contributed by atoms with Crippen molar-refractivity contribution in [2.24, 2.45) is 0 Å². The molecule has 2 heterocycles. The fourth-order valence-corrected chi connectivity index (χ4v) is 3.31. The Hall–Kier alpha value is -2.92. The predicted octanol–water partition coefficient (Wildman–Crippen LogP) is 3.58. The first-order valence-electron chi connectivity index (χ1n) is 7.02. The molecule has 1 N–H and O–H groups in total. The highest BCUT2D eigenvalue weighted by atomic mass is 32.1. The van der Waals surface area contributed by atoms with Crippen LogP contribution in [-0.2, 0) is 0 Å². The maximum absolute atomic E-state index is 14.8. The standard InChI is InChI=1S/C16H12FN3O3S/c1-8(2)23-11-3-9(5-18)14-12(4-11)13(17)15(24-14)20-7-10(6-19-20)16(21)22/h3-4,6-8H,1-2H3,(H,21,22). The summed E-state index contributed by atoms with van der Waals surface area (Å²) in [4.78, 5) is 10.9. The maximum atomic E-state index is 14.8. The molecule has 8 heteroatoms. The summed E-state index contributed by atoms with van der Waals surface area (Å²) in [6.45, 7) is 3.67. The van der Waals surface area contributed by atoms with Gasteiger partial charge in [0.2, 0.25) is 0 Å². The summed E-state index contributed by atoms with van der Waals surface area (Å²) in [5, 5.41) is 22.5. The number of fused-ring (bicyclic) bond motifs is 1. The minimum Gasteiger partial charge on any atom is -0.491 e. The number of nitrogens with zero attached hydrogens (tertiary/aromatic N) is 3. The van der Waals surface area contributed by atoms with Gasteiger partial charge >= 0.3 is 5.97 Å². The number of hydrogen-bond donors (Lipinski definition) is 1. The van der Waals surface area contributed by atoms with Crippen molar-refractivity contribution in [3.05, 3.63) is 41.5 Å². The van der Waals surface area contributed by atoms with Gasteiger partial charge in [-0.05, 0) is 26.0 Å². The van der Waals surface area contributed by atoms with Gasteiger partial charge in [0, 0.05) is 11.6 Å². The van der Waals surface area contributed by atoms with E-state index in [1.807, 2.05) is 19.9 Å². The van der Waals surface area contributed by atoms with E-state index in [1.54, 1.807) is 6.07 Å². The predicted molar refractivity (Wildman–Crippen MR) is 86.3 cm³/mol. The van der Waals surface area contributed by atoms with Crippen LogP contribution in [0.5, 0.6) is 5.75 Å². The van der Waals surface area contributed by atoms with Crippen molar-refractivity contribution < 1.29 is 19.0 Å². The third-order valence-electron chi connectivity index (χ3n) is 3.22. The van der Waals surface area contributed by atoms with Crippen LogP contribution in [0, 0.1) is 17.1 Å². The lowest BCUT2D eigenvalue weighted by Crippen LogP contribution is -2.05. The maximum Gasteiger partial charge on any atom is 0.338 e. The number of hydrogen-bond acceptors (Lipinski definition) is 5. The van der Waals surface area contributed by atoms with Gasteiger partial charge in [-0.15, -0.1) is 11.3 Å². The SMILES string of the molecule is CC(C)Oc1cc(C#N)c2sc(-n3cc(C(=O)O)cn3)c(F)c2c1. The zero-order valence-corrected chi connectivity index (χ0v) is 13.6. The normalized spacial score (nSPS) is 11.0. The van der Waals surface area contributed by atoms with Gasteiger partial charge in [0.1, 0.15) is 11.8 Å². The number of halogens is 1. The first-order valence-corrected chi connectivity index (χ1v) is 7.83. The van der Waals surface area contributed by atoms with Crippen LogP contribution in [0.4, 0.5) is 4.39 Å². The van der Waals surface area contributed by atoms with E-state index in [2.05, 4.69) is 5.10 Å². The lowest BCUT2D eigenvalue weighted by molar-refractivity contribution is 0.0697. The van der Waals surface area contributed by atoms with Crippen LogP contribution in [-0.4, -0.2) is 27.0 Å². The Bertz CT molecular complexity index is 985. The molecule has 24 heavy (non-hydrogen) atoms. The van der Waals surface area contributed by atoms with Gasteiger partial charge < -0.3 is 9.84 Å². The number of carboxylic acids is 1. The Labute approximate surface area is 140 Å². The minimum absolute atomic E-state index is 0.0452. The third-order valence-corrected chi connectivity index (χ3v) is 4.42. The van der Waals surface area contributed by atoms with Crippen molar-refractivity contribution in [1.82, 2.24) is 9.78 Å². The second-order valence-corrected chi connectivity index (χ2v) is 6.32. The van der Waals surface area contributed by atoms with Crippen molar-refractivity contribution in [2.75, 3.05) is 0 Å². The summed E-state index contributed by atoms with van der Waals surface area (Å²) in [7, 11) is 0. The van der Waals surface area contributed by atoms with Crippen molar-refractivity contribution >= 4 is 27.4 Å². The molecule has 0 unspecified atom stereocenters. The number of nitriles is 1. The van der Waals surface area contributed by atoms with Crippen LogP contribution >= 0.6 is 11.3 Å². The quantitative estimate of drug-likeness (QED) is 0.781. The van der Waals surface area contributed by atoms with E-state index in [0.717, 1.165) is 22.2 Å². The third kappa shape index (κ3) is 2.70. The molecule has 2 aromatic heterocycles. The van der Waals surface area contributed by atoms with Crippen LogP contribution < -0.4 is 4.74 Å². The molecule has 0 saturated heterocycles. The van der Waals surface area contributed by atoms with Gasteiger partial charge in [0.25, 0.3) is 0 Å². The van der Waals surface area contributed by atoms with Crippen LogP contribution in [0.3, 0.4) is 0 Å². The summed E-state index contributed by atoms with van der Waals surface area (Å²) in [6, 6.07) is 5.14. The molecule has 0 fully saturated rings. The van der Waals surface area contributed by atoms with Gasteiger partial charge in [-0.2, -0.15) is 10.4 Å². The van der Waals surface area contributed by atoms with Gasteiger partial charge in [0.05, 0.1) is 28.1 Å². The Morgan fingerprint density at radius 3 is 2.83 bits per heavy atom. The summed E-state index contributed by atoms with van der Waals surface area (Å²) in [6.07, 6.45) is 2.26. The Kier molecular flexibility index (Phi) is 3.95. The van der Waals surface area contributed by atoms with E-state index < -0.39 is 11.8 Å². The van der Waals surface area contributed by atoms with Crippen molar-refractivity contribution in [2.45, 2.75) is 20.0 Å². The number of carbonyl (C=O) groups is 1. The van der Waals surface area contributed by atoms with Gasteiger partial charge in [0.15, 0.2) is 10.8 Å². The van der Waals surface area contributed by atoms with Crippen molar-refractivity contribution in [1.29, 1.82) is 5.26 Å². The number of benzene rings is 1. The van der Waals surface area contributed by atoms with Crippen molar-refractivity contribution in [3.63, 3.8) is 0 Å². The van der Waals surface area contributed by atoms with Gasteiger partial charge in [-0.1, -0.05) is 0 Å². The number of carboxylic acid groups (broad SMARTS) is 1. The van der Waals surface area contributed by atoms with Crippen LogP contribution in [0.1, 0.15) is 29.8 Å². The number of thiophene rings is 1. The van der Waals surface area contributed by atoms with E-state index >= 15 is 0 Å². The summed E-state index contributed by atoms with van der Waals surface area (Å²) in [5.74, 6) is -1.31. The summed E-state index contributed by atoms with van der Waals surface area (Å²) < 4.78 is 22.0. The van der Waals surface area contributed by atoms with Crippen LogP contribution in [0.2, 0.25) is 0 Å². The van der Waals surface area contributed by atoms with E-state index in [4.69, 9.17) is 9.84 Å². The number of aromatic carboxylic acids is 1. The monoisotopic (exact) mass is 345 g/mol. The van der Waals surface area contributed by atoms with Gasteiger partial charge in [-0.3, -0.25) is 0 Å². The van der Waals surface area contributed by atoms with Crippen LogP contribution in [0.15, 0.2) is 24.5 Å². The molecule has 0 spiro atoms. The van der Waals surface area contributed by atoms with E-state index in [-0.39, 0.29) is 22.1 Å². The van der Waals surface area contributed by atoms with Crippen molar-refractivity contribution in [3.8, 4) is 16.8 Å². The second-order valence-electron chi connectivity index (χ2n) is 5.33. The Morgan fingerprint density at radius 1 is 1.50 bits per heavy atom. The van der Waals surface area contributed by atoms with E-state index in [0.29, 0.717) is 16.0 Å². The topological polar surface area (TPSA) is 88.1 Å². The van der Waals surface area contributed by atoms with E-state index in [9.17, 15) is 14.4 Å². The molecular formula is C16H12FN3O3S. The summed E-state index contributed by atoms with van der Waals surface area (Å²) >= 11 is 1.04. The van der Waals surface area contributed by atoms with Gasteiger partial charge in [-0.25, -0.2) is 13.9 Å². The van der Waals surface area contributed by atoms with Crippen LogP contribution in [0.25, 0.3) is 15.1 Å². The molecule has 122 valence electrons. The first-order chi connectivity index (χ1) is 11.4. The Balaban J connectivity index is 2.19. The molecule has 0 bridgehead atoms. The molecular weight excluding hydrogens is 333 g/mol. The number of rotatable bonds is 4. The molecule has 3 aromatic rings.